The number of unbranched alkanes of at least 4 members (excludes halogenated alkanes) is 5. The fourth-order valence-electron chi connectivity index (χ4n) is 2.27. The van der Waals surface area contributed by atoms with Gasteiger partial charge in [-0.1, -0.05) is 50.3 Å². The van der Waals surface area contributed by atoms with Crippen LogP contribution in [0.15, 0.2) is 22.0 Å². The largest absolute Gasteiger partial charge is 0.367 e. The van der Waals surface area contributed by atoms with Crippen molar-refractivity contribution in [2.45, 2.75) is 51.9 Å². The zero-order valence-corrected chi connectivity index (χ0v) is 12.3. The molecule has 19 heavy (non-hydrogen) atoms. The van der Waals surface area contributed by atoms with E-state index in [-0.39, 0.29) is 0 Å². The van der Waals surface area contributed by atoms with Crippen LogP contribution < -0.4 is 5.73 Å². The van der Waals surface area contributed by atoms with Crippen molar-refractivity contribution in [2.24, 2.45) is 0 Å². The average Bonchev–Trinajstić information content (AvgIpc) is 3.03. The van der Waals surface area contributed by atoms with E-state index in [9.17, 15) is 0 Å². The molecule has 2 N–H and O–H groups in total. The summed E-state index contributed by atoms with van der Waals surface area (Å²) in [7, 11) is 0. The van der Waals surface area contributed by atoms with Crippen LogP contribution in [0, 0.1) is 0 Å². The Morgan fingerprint density at radius 2 is 2.00 bits per heavy atom. The molecule has 2 aromatic rings. The molecule has 0 atom stereocenters. The minimum absolute atomic E-state index is 0.448. The van der Waals surface area contributed by atoms with E-state index in [0.717, 1.165) is 29.0 Å². The molecular weight excluding hydrogens is 256 g/mol. The summed E-state index contributed by atoms with van der Waals surface area (Å²) in [5, 5.41) is 6.16. The van der Waals surface area contributed by atoms with E-state index in [1.807, 2.05) is 6.07 Å². The first-order valence-electron chi connectivity index (χ1n) is 7.10. The maximum Gasteiger partial charge on any atom is 0.231 e. The van der Waals surface area contributed by atoms with Crippen molar-refractivity contribution in [1.82, 2.24) is 5.16 Å². The first kappa shape index (κ1) is 14.1. The van der Waals surface area contributed by atoms with Crippen LogP contribution in [0.2, 0.25) is 0 Å². The van der Waals surface area contributed by atoms with Gasteiger partial charge in [0.1, 0.15) is 0 Å². The molecule has 104 valence electrons. The van der Waals surface area contributed by atoms with Crippen LogP contribution >= 0.6 is 11.3 Å². The molecule has 0 fully saturated rings. The zero-order chi connectivity index (χ0) is 13.5. The van der Waals surface area contributed by atoms with Crippen LogP contribution in [0.1, 0.15) is 51.1 Å². The first-order chi connectivity index (χ1) is 9.33. The van der Waals surface area contributed by atoms with Crippen LogP contribution in [0.25, 0.3) is 10.4 Å². The van der Waals surface area contributed by atoms with Gasteiger partial charge in [-0.25, -0.2) is 0 Å². The van der Waals surface area contributed by atoms with E-state index in [1.165, 1.54) is 32.1 Å². The Kier molecular flexibility index (Phi) is 5.45. The minimum atomic E-state index is 0.448. The first-order valence-corrected chi connectivity index (χ1v) is 7.98. The third-order valence-electron chi connectivity index (χ3n) is 3.32. The van der Waals surface area contributed by atoms with Gasteiger partial charge in [0.15, 0.2) is 0 Å². The van der Waals surface area contributed by atoms with Gasteiger partial charge in [-0.2, -0.15) is 0 Å². The van der Waals surface area contributed by atoms with Gasteiger partial charge in [-0.15, -0.1) is 11.3 Å². The van der Waals surface area contributed by atoms with Crippen LogP contribution in [0.5, 0.6) is 0 Å². The van der Waals surface area contributed by atoms with E-state index in [1.54, 1.807) is 11.3 Å². The summed E-state index contributed by atoms with van der Waals surface area (Å²) in [6, 6.07) is 4.10. The van der Waals surface area contributed by atoms with Gasteiger partial charge >= 0.3 is 0 Å². The lowest BCUT2D eigenvalue weighted by molar-refractivity contribution is 0.425. The minimum Gasteiger partial charge on any atom is -0.367 e. The topological polar surface area (TPSA) is 52.0 Å². The standard InChI is InChI=1S/C15H22N2OS/c1-2-3-4-5-6-7-9-12-14(15(16)18-17-12)13-10-8-11-19-13/h8,10-11H,2-7,9,16H2,1H3. The highest BCUT2D eigenvalue weighted by Gasteiger charge is 2.15. The highest BCUT2D eigenvalue weighted by atomic mass is 32.1. The summed E-state index contributed by atoms with van der Waals surface area (Å²) in [5.41, 5.74) is 7.89. The van der Waals surface area contributed by atoms with E-state index >= 15 is 0 Å². The Bertz CT molecular complexity index is 476. The highest BCUT2D eigenvalue weighted by Crippen LogP contribution is 2.33. The van der Waals surface area contributed by atoms with Crippen LogP contribution in [0.3, 0.4) is 0 Å². The molecule has 0 aliphatic heterocycles. The summed E-state index contributed by atoms with van der Waals surface area (Å²) in [4.78, 5) is 1.15. The molecule has 3 nitrogen and oxygen atoms in total. The fourth-order valence-corrected chi connectivity index (χ4v) is 3.06. The maximum absolute atomic E-state index is 5.88. The number of rotatable bonds is 8. The number of nitrogen functional groups attached to an aromatic ring is 1. The summed E-state index contributed by atoms with van der Waals surface area (Å²) in [6.45, 7) is 2.24. The van der Waals surface area contributed by atoms with Gasteiger partial charge in [0.25, 0.3) is 0 Å². The van der Waals surface area contributed by atoms with Crippen molar-refractivity contribution in [3.8, 4) is 10.4 Å². The molecule has 0 unspecified atom stereocenters. The lowest BCUT2D eigenvalue weighted by atomic mass is 10.1. The van der Waals surface area contributed by atoms with Crippen molar-refractivity contribution in [3.05, 3.63) is 23.2 Å². The van der Waals surface area contributed by atoms with Gasteiger partial charge in [0, 0.05) is 4.88 Å². The SMILES string of the molecule is CCCCCCCCc1noc(N)c1-c1cccs1. The van der Waals surface area contributed by atoms with Crippen molar-refractivity contribution in [2.75, 3.05) is 5.73 Å². The summed E-state index contributed by atoms with van der Waals surface area (Å²) in [6.07, 6.45) is 8.68. The van der Waals surface area contributed by atoms with Crippen LogP contribution in [0.4, 0.5) is 5.88 Å². The number of thiophene rings is 1. The molecule has 0 saturated heterocycles. The Balaban J connectivity index is 1.87. The highest BCUT2D eigenvalue weighted by molar-refractivity contribution is 7.13. The number of hydrogen-bond donors (Lipinski definition) is 1. The van der Waals surface area contributed by atoms with Gasteiger partial charge in [-0.05, 0) is 24.3 Å². The zero-order valence-electron chi connectivity index (χ0n) is 11.5. The lowest BCUT2D eigenvalue weighted by Crippen LogP contribution is -1.90. The van der Waals surface area contributed by atoms with Crippen molar-refractivity contribution in [3.63, 3.8) is 0 Å². The molecule has 2 heterocycles. The number of aryl methyl sites for hydroxylation is 1. The molecule has 2 rings (SSSR count). The van der Waals surface area contributed by atoms with E-state index in [2.05, 4.69) is 23.5 Å². The normalized spacial score (nSPS) is 11.0. The molecule has 2 aromatic heterocycles. The summed E-state index contributed by atoms with van der Waals surface area (Å²) in [5.74, 6) is 0.448. The molecule has 0 spiro atoms. The third kappa shape index (κ3) is 3.83. The second-order valence-corrected chi connectivity index (χ2v) is 5.81. The Hall–Kier alpha value is -1.29. The van der Waals surface area contributed by atoms with Gasteiger partial charge in [-0.3, -0.25) is 0 Å². The van der Waals surface area contributed by atoms with Crippen molar-refractivity contribution in [1.29, 1.82) is 0 Å². The number of nitrogens with two attached hydrogens (primary N) is 1. The fraction of sp³-hybridized carbons (Fsp3) is 0.533. The smallest absolute Gasteiger partial charge is 0.231 e. The Morgan fingerprint density at radius 1 is 1.21 bits per heavy atom. The molecule has 4 heteroatoms. The number of nitrogens with zero attached hydrogens (tertiary/aromatic N) is 1. The molecule has 0 aliphatic rings. The Labute approximate surface area is 118 Å². The molecule has 0 saturated carbocycles. The molecule has 0 aliphatic carbocycles. The monoisotopic (exact) mass is 278 g/mol. The van der Waals surface area contributed by atoms with Gasteiger partial charge in [0.05, 0.1) is 11.3 Å². The summed E-state index contributed by atoms with van der Waals surface area (Å²) < 4.78 is 5.15. The predicted octanol–water partition coefficient (Wildman–Crippen LogP) is 4.89. The second-order valence-electron chi connectivity index (χ2n) is 4.86. The Morgan fingerprint density at radius 3 is 2.74 bits per heavy atom. The predicted molar refractivity (Wildman–Crippen MR) is 81.3 cm³/mol. The third-order valence-corrected chi connectivity index (χ3v) is 4.21. The van der Waals surface area contributed by atoms with E-state index in [0.29, 0.717) is 5.88 Å². The molecular formula is C15H22N2OS. The molecule has 0 bridgehead atoms. The van der Waals surface area contributed by atoms with Gasteiger partial charge < -0.3 is 10.3 Å². The summed E-state index contributed by atoms with van der Waals surface area (Å²) >= 11 is 1.68. The second kappa shape index (κ2) is 7.34. The number of hydrogen-bond acceptors (Lipinski definition) is 4. The molecule has 0 radical (unpaired) electrons. The number of anilines is 1. The molecule has 0 aromatic carbocycles. The lowest BCUT2D eigenvalue weighted by Gasteiger charge is -2.01. The van der Waals surface area contributed by atoms with Crippen LogP contribution in [-0.4, -0.2) is 5.16 Å². The van der Waals surface area contributed by atoms with E-state index in [4.69, 9.17) is 10.3 Å². The number of aromatic nitrogens is 1. The average molecular weight is 278 g/mol. The van der Waals surface area contributed by atoms with E-state index < -0.39 is 0 Å². The van der Waals surface area contributed by atoms with Crippen LogP contribution in [-0.2, 0) is 6.42 Å². The van der Waals surface area contributed by atoms with Gasteiger partial charge in [0.2, 0.25) is 5.88 Å². The van der Waals surface area contributed by atoms with Crippen molar-refractivity contribution >= 4 is 17.2 Å². The maximum atomic E-state index is 5.88. The van der Waals surface area contributed by atoms with Crippen molar-refractivity contribution < 1.29 is 4.52 Å². The molecule has 0 amide bonds. The quantitative estimate of drug-likeness (QED) is 0.699.